The van der Waals surface area contributed by atoms with E-state index < -0.39 is 11.4 Å². The van der Waals surface area contributed by atoms with Gasteiger partial charge in [-0.1, -0.05) is 30.7 Å². The fourth-order valence-electron chi connectivity index (χ4n) is 3.60. The molecule has 0 aromatic heterocycles. The second kappa shape index (κ2) is 9.96. The minimum atomic E-state index is -0.731. The Morgan fingerprint density at radius 3 is 2.47 bits per heavy atom. The number of amides is 1. The van der Waals surface area contributed by atoms with E-state index in [1.807, 2.05) is 19.1 Å². The molecular formula is C23H26ClNO5. The smallest absolute Gasteiger partial charge is 0.341 e. The lowest BCUT2D eigenvalue weighted by Crippen LogP contribution is -2.44. The molecule has 7 heteroatoms. The maximum atomic E-state index is 13.4. The Bertz CT molecular complexity index is 891. The van der Waals surface area contributed by atoms with Crippen LogP contribution < -0.4 is 10.1 Å². The summed E-state index contributed by atoms with van der Waals surface area (Å²) in [5, 5.41) is 3.59. The van der Waals surface area contributed by atoms with Crippen molar-refractivity contribution in [3.8, 4) is 5.75 Å². The largest absolute Gasteiger partial charge is 0.493 e. The maximum Gasteiger partial charge on any atom is 0.341 e. The van der Waals surface area contributed by atoms with Gasteiger partial charge in [0.15, 0.2) is 0 Å². The molecule has 2 aromatic rings. The summed E-state index contributed by atoms with van der Waals surface area (Å²) in [6.45, 7) is 3.45. The Morgan fingerprint density at radius 2 is 1.83 bits per heavy atom. The fourth-order valence-corrected chi connectivity index (χ4v) is 3.73. The Morgan fingerprint density at radius 1 is 1.13 bits per heavy atom. The van der Waals surface area contributed by atoms with Gasteiger partial charge in [0.1, 0.15) is 11.3 Å². The lowest BCUT2D eigenvalue weighted by atomic mass is 9.73. The second-order valence-corrected chi connectivity index (χ2v) is 7.64. The van der Waals surface area contributed by atoms with Gasteiger partial charge in [0, 0.05) is 23.9 Å². The molecule has 0 aliphatic carbocycles. The van der Waals surface area contributed by atoms with Gasteiger partial charge in [-0.15, -0.1) is 0 Å². The molecule has 1 aliphatic heterocycles. The molecule has 1 heterocycles. The quantitative estimate of drug-likeness (QED) is 0.648. The number of benzene rings is 2. The van der Waals surface area contributed by atoms with E-state index in [-0.39, 0.29) is 11.5 Å². The van der Waals surface area contributed by atoms with E-state index in [2.05, 4.69) is 5.32 Å². The summed E-state index contributed by atoms with van der Waals surface area (Å²) in [5.74, 6) is -0.234. The number of ether oxygens (including phenoxy) is 3. The highest BCUT2D eigenvalue weighted by molar-refractivity contribution is 6.30. The molecule has 0 radical (unpaired) electrons. The van der Waals surface area contributed by atoms with Crippen LogP contribution in [0, 0.1) is 0 Å². The zero-order valence-corrected chi connectivity index (χ0v) is 18.0. The predicted molar refractivity (Wildman–Crippen MR) is 115 cm³/mol. The van der Waals surface area contributed by atoms with Gasteiger partial charge in [0.05, 0.1) is 19.1 Å². The Labute approximate surface area is 181 Å². The second-order valence-electron chi connectivity index (χ2n) is 7.21. The molecule has 1 fully saturated rings. The number of rotatable bonds is 7. The first-order chi connectivity index (χ1) is 14.5. The Kier molecular flexibility index (Phi) is 7.34. The zero-order valence-electron chi connectivity index (χ0n) is 17.2. The van der Waals surface area contributed by atoms with Gasteiger partial charge in [-0.25, -0.2) is 4.79 Å². The number of hydrogen-bond acceptors (Lipinski definition) is 5. The molecule has 6 nitrogen and oxygen atoms in total. The van der Waals surface area contributed by atoms with E-state index in [0.717, 1.165) is 12.0 Å². The van der Waals surface area contributed by atoms with Crippen LogP contribution in [0.5, 0.6) is 5.75 Å². The summed E-state index contributed by atoms with van der Waals surface area (Å²) < 4.78 is 16.0. The molecular weight excluding hydrogens is 406 g/mol. The van der Waals surface area contributed by atoms with Crippen molar-refractivity contribution in [2.24, 2.45) is 0 Å². The van der Waals surface area contributed by atoms with Crippen molar-refractivity contribution in [2.45, 2.75) is 31.6 Å². The minimum Gasteiger partial charge on any atom is -0.493 e. The molecule has 3 rings (SSSR count). The van der Waals surface area contributed by atoms with Crippen molar-refractivity contribution in [1.29, 1.82) is 0 Å². The van der Waals surface area contributed by atoms with Gasteiger partial charge in [-0.2, -0.15) is 0 Å². The van der Waals surface area contributed by atoms with Crippen molar-refractivity contribution in [3.05, 3.63) is 58.6 Å². The topological polar surface area (TPSA) is 73.9 Å². The summed E-state index contributed by atoms with van der Waals surface area (Å²) in [4.78, 5) is 25.6. The number of esters is 1. The number of halogens is 1. The molecule has 1 saturated heterocycles. The predicted octanol–water partition coefficient (Wildman–Crippen LogP) is 4.60. The third-order valence-corrected chi connectivity index (χ3v) is 5.53. The fraction of sp³-hybridized carbons (Fsp3) is 0.391. The SMILES string of the molecule is CCCOc1ccc(NC(=O)C2(c3ccc(Cl)cc3)CCOCC2)cc1C(=O)OC. The van der Waals surface area contributed by atoms with Gasteiger partial charge in [0.2, 0.25) is 5.91 Å². The van der Waals surface area contributed by atoms with Crippen molar-refractivity contribution < 1.29 is 23.8 Å². The Balaban J connectivity index is 1.90. The normalized spacial score (nSPS) is 15.3. The van der Waals surface area contributed by atoms with Gasteiger partial charge < -0.3 is 19.5 Å². The van der Waals surface area contributed by atoms with Gasteiger partial charge in [-0.05, 0) is 55.2 Å². The average molecular weight is 432 g/mol. The first kappa shape index (κ1) is 22.1. The standard InChI is InChI=1S/C23H26ClNO5/c1-3-12-30-20-9-8-18(15-19(20)21(26)28-2)25-22(27)23(10-13-29-14-11-23)16-4-6-17(24)7-5-16/h4-9,15H,3,10-14H2,1-2H3,(H,25,27). The number of nitrogens with one attached hydrogen (secondary N) is 1. The van der Waals surface area contributed by atoms with Crippen LogP contribution in [-0.2, 0) is 19.7 Å². The highest BCUT2D eigenvalue weighted by atomic mass is 35.5. The van der Waals surface area contributed by atoms with Crippen LogP contribution in [0.3, 0.4) is 0 Å². The summed E-state index contributed by atoms with van der Waals surface area (Å²) in [7, 11) is 1.31. The first-order valence-corrected chi connectivity index (χ1v) is 10.4. The lowest BCUT2D eigenvalue weighted by molar-refractivity contribution is -0.125. The van der Waals surface area contributed by atoms with Gasteiger partial charge in [0.25, 0.3) is 0 Å². The van der Waals surface area contributed by atoms with Crippen molar-refractivity contribution in [3.63, 3.8) is 0 Å². The lowest BCUT2D eigenvalue weighted by Gasteiger charge is -2.36. The Hall–Kier alpha value is -2.57. The summed E-state index contributed by atoms with van der Waals surface area (Å²) in [5.41, 5.74) is 0.940. The highest BCUT2D eigenvalue weighted by Crippen LogP contribution is 2.37. The molecule has 1 amide bonds. The third-order valence-electron chi connectivity index (χ3n) is 5.28. The van der Waals surface area contributed by atoms with Gasteiger partial charge in [-0.3, -0.25) is 4.79 Å². The van der Waals surface area contributed by atoms with E-state index in [4.69, 9.17) is 25.8 Å². The van der Waals surface area contributed by atoms with E-state index in [1.165, 1.54) is 7.11 Å². The third kappa shape index (κ3) is 4.77. The monoisotopic (exact) mass is 431 g/mol. The van der Waals surface area contributed by atoms with Crippen molar-refractivity contribution >= 4 is 29.2 Å². The molecule has 0 spiro atoms. The summed E-state index contributed by atoms with van der Waals surface area (Å²) in [6.07, 6.45) is 1.93. The first-order valence-electron chi connectivity index (χ1n) is 10.0. The van der Waals surface area contributed by atoms with Crippen LogP contribution in [-0.4, -0.2) is 38.8 Å². The van der Waals surface area contributed by atoms with E-state index in [0.29, 0.717) is 49.1 Å². The molecule has 0 atom stereocenters. The summed E-state index contributed by atoms with van der Waals surface area (Å²) in [6, 6.07) is 12.3. The summed E-state index contributed by atoms with van der Waals surface area (Å²) >= 11 is 6.04. The van der Waals surface area contributed by atoms with Crippen LogP contribution in [0.4, 0.5) is 5.69 Å². The molecule has 2 aromatic carbocycles. The van der Waals surface area contributed by atoms with Crippen LogP contribution in [0.2, 0.25) is 5.02 Å². The number of methoxy groups -OCH3 is 1. The highest BCUT2D eigenvalue weighted by Gasteiger charge is 2.41. The maximum absolute atomic E-state index is 13.4. The zero-order chi connectivity index (χ0) is 21.6. The van der Waals surface area contributed by atoms with Crippen LogP contribution in [0.1, 0.15) is 42.1 Å². The van der Waals surface area contributed by atoms with E-state index in [9.17, 15) is 9.59 Å². The average Bonchev–Trinajstić information content (AvgIpc) is 2.78. The van der Waals surface area contributed by atoms with Crippen molar-refractivity contribution in [1.82, 2.24) is 0 Å². The molecule has 0 unspecified atom stereocenters. The number of hydrogen-bond donors (Lipinski definition) is 1. The van der Waals surface area contributed by atoms with Crippen molar-refractivity contribution in [2.75, 3.05) is 32.2 Å². The number of anilines is 1. The molecule has 0 bridgehead atoms. The van der Waals surface area contributed by atoms with Crippen LogP contribution in [0.25, 0.3) is 0 Å². The molecule has 0 saturated carbocycles. The molecule has 30 heavy (non-hydrogen) atoms. The molecule has 1 aliphatic rings. The molecule has 160 valence electrons. The van der Waals surface area contributed by atoms with E-state index >= 15 is 0 Å². The minimum absolute atomic E-state index is 0.147. The number of carbonyl (C=O) groups is 2. The number of carbonyl (C=O) groups excluding carboxylic acids is 2. The molecule has 1 N–H and O–H groups in total. The van der Waals surface area contributed by atoms with E-state index in [1.54, 1.807) is 30.3 Å². The van der Waals surface area contributed by atoms with Gasteiger partial charge >= 0.3 is 5.97 Å². The van der Waals surface area contributed by atoms with Crippen LogP contribution >= 0.6 is 11.6 Å². The van der Waals surface area contributed by atoms with Crippen LogP contribution in [0.15, 0.2) is 42.5 Å².